The van der Waals surface area contributed by atoms with Gasteiger partial charge >= 0.3 is 0 Å². The molecule has 0 rings (SSSR count). The Hall–Kier alpha value is 0.177. The average Bonchev–Trinajstić information content (AvgIpc) is 1.89. The molecule has 0 aromatic rings. The Balaban J connectivity index is 5.84. The van der Waals surface area contributed by atoms with Crippen LogP contribution in [0.3, 0.4) is 0 Å². The zero-order valence-electron chi connectivity index (χ0n) is 15.0. The molecule has 0 unspecified atom stereocenters. The van der Waals surface area contributed by atoms with Gasteiger partial charge in [0.05, 0.1) is 0 Å². The fourth-order valence-corrected chi connectivity index (χ4v) is 9.55. The van der Waals surface area contributed by atoms with E-state index in [1.54, 1.807) is 0 Å². The molecule has 0 N–H and O–H groups in total. The molecule has 0 heterocycles. The molecule has 0 aliphatic heterocycles. The summed E-state index contributed by atoms with van der Waals surface area (Å²) in [7, 11) is -1.14. The molecule has 0 aliphatic rings. The SMILES string of the molecule is CC(C)(C)N([SiH](C(C)(C)C)C(C)(C)C)C(C)(C)C. The Bertz CT molecular complexity index is 209. The van der Waals surface area contributed by atoms with Crippen molar-refractivity contribution in [1.29, 1.82) is 0 Å². The van der Waals surface area contributed by atoms with Crippen molar-refractivity contribution >= 4 is 8.96 Å². The van der Waals surface area contributed by atoms with Crippen LogP contribution in [-0.4, -0.2) is 24.6 Å². The quantitative estimate of drug-likeness (QED) is 0.592. The number of rotatable bonds is 1. The summed E-state index contributed by atoms with van der Waals surface area (Å²) in [5.74, 6) is 0. The van der Waals surface area contributed by atoms with Crippen LogP contribution >= 0.6 is 0 Å². The predicted molar refractivity (Wildman–Crippen MR) is 87.9 cm³/mol. The minimum Gasteiger partial charge on any atom is -0.316 e. The summed E-state index contributed by atoms with van der Waals surface area (Å²) in [6.07, 6.45) is 0. The highest BCUT2D eigenvalue weighted by Gasteiger charge is 2.48. The number of nitrogens with zero attached hydrogens (tertiary/aromatic N) is 1. The van der Waals surface area contributed by atoms with Gasteiger partial charge in [0.1, 0.15) is 8.96 Å². The van der Waals surface area contributed by atoms with Crippen molar-refractivity contribution in [2.45, 2.75) is 104 Å². The van der Waals surface area contributed by atoms with E-state index in [1.165, 1.54) is 0 Å². The minimum absolute atomic E-state index is 0.232. The molecule has 0 aliphatic carbocycles. The highest BCUT2D eigenvalue weighted by Crippen LogP contribution is 2.47. The van der Waals surface area contributed by atoms with Crippen molar-refractivity contribution in [2.24, 2.45) is 0 Å². The summed E-state index contributed by atoms with van der Waals surface area (Å²) in [5, 5.41) is 0.803. The Morgan fingerprint density at radius 2 is 0.722 bits per heavy atom. The van der Waals surface area contributed by atoms with E-state index in [0.29, 0.717) is 10.1 Å². The zero-order valence-corrected chi connectivity index (χ0v) is 16.2. The van der Waals surface area contributed by atoms with E-state index in [-0.39, 0.29) is 11.1 Å². The van der Waals surface area contributed by atoms with Crippen molar-refractivity contribution in [1.82, 2.24) is 4.57 Å². The van der Waals surface area contributed by atoms with Gasteiger partial charge in [-0.3, -0.25) is 0 Å². The van der Waals surface area contributed by atoms with Crippen LogP contribution in [0.15, 0.2) is 0 Å². The third kappa shape index (κ3) is 4.69. The van der Waals surface area contributed by atoms with E-state index < -0.39 is 8.96 Å². The second-order valence-electron chi connectivity index (χ2n) is 9.85. The molecule has 2 heteroatoms. The third-order valence-corrected chi connectivity index (χ3v) is 8.69. The summed E-state index contributed by atoms with van der Waals surface area (Å²) in [5.41, 5.74) is 0.464. The van der Waals surface area contributed by atoms with Gasteiger partial charge in [-0.15, -0.1) is 0 Å². The van der Waals surface area contributed by atoms with E-state index in [1.807, 2.05) is 0 Å². The molecule has 0 bridgehead atoms. The summed E-state index contributed by atoms with van der Waals surface area (Å²) in [6.45, 7) is 28.8. The first-order chi connectivity index (χ1) is 7.49. The zero-order chi connectivity index (χ0) is 15.2. The lowest BCUT2D eigenvalue weighted by molar-refractivity contribution is 0.120. The molecule has 110 valence electrons. The van der Waals surface area contributed by atoms with Gasteiger partial charge in [-0.05, 0) is 51.6 Å². The number of hydrogen-bond acceptors (Lipinski definition) is 1. The lowest BCUT2D eigenvalue weighted by Crippen LogP contribution is -2.65. The maximum atomic E-state index is 2.85. The lowest BCUT2D eigenvalue weighted by atomic mass is 10.0. The van der Waals surface area contributed by atoms with E-state index in [9.17, 15) is 0 Å². The van der Waals surface area contributed by atoms with Crippen LogP contribution in [0.1, 0.15) is 83.1 Å². The first kappa shape index (κ1) is 18.2. The molecule has 0 aromatic heterocycles. The van der Waals surface area contributed by atoms with Crippen molar-refractivity contribution < 1.29 is 0 Å². The Labute approximate surface area is 118 Å². The third-order valence-electron chi connectivity index (χ3n) is 3.34. The molecule has 0 aromatic carbocycles. The lowest BCUT2D eigenvalue weighted by Gasteiger charge is -2.57. The van der Waals surface area contributed by atoms with Crippen LogP contribution in [0.2, 0.25) is 10.1 Å². The molecular formula is C16H37NSi. The molecule has 0 atom stereocenters. The average molecular weight is 272 g/mol. The summed E-state index contributed by atoms with van der Waals surface area (Å²) in [6, 6.07) is 0. The van der Waals surface area contributed by atoms with Gasteiger partial charge in [0.15, 0.2) is 0 Å². The van der Waals surface area contributed by atoms with Crippen molar-refractivity contribution in [3.63, 3.8) is 0 Å². The molecule has 1 nitrogen and oxygen atoms in total. The predicted octanol–water partition coefficient (Wildman–Crippen LogP) is 5.21. The second-order valence-corrected chi connectivity index (χ2v) is 14.6. The number of hydrogen-bond donors (Lipinski definition) is 0. The van der Waals surface area contributed by atoms with Gasteiger partial charge in [0, 0.05) is 11.1 Å². The van der Waals surface area contributed by atoms with Crippen molar-refractivity contribution in [3.8, 4) is 0 Å². The summed E-state index contributed by atoms with van der Waals surface area (Å²) >= 11 is 0. The van der Waals surface area contributed by atoms with Gasteiger partial charge in [0.25, 0.3) is 0 Å². The van der Waals surface area contributed by atoms with Gasteiger partial charge in [-0.2, -0.15) is 0 Å². The molecule has 0 fully saturated rings. The van der Waals surface area contributed by atoms with Crippen LogP contribution in [-0.2, 0) is 0 Å². The Morgan fingerprint density at radius 3 is 0.778 bits per heavy atom. The van der Waals surface area contributed by atoms with Gasteiger partial charge < -0.3 is 4.57 Å². The Morgan fingerprint density at radius 1 is 0.500 bits per heavy atom. The van der Waals surface area contributed by atoms with Crippen LogP contribution in [0.25, 0.3) is 0 Å². The monoisotopic (exact) mass is 271 g/mol. The first-order valence-electron chi connectivity index (χ1n) is 7.28. The summed E-state index contributed by atoms with van der Waals surface area (Å²) in [4.78, 5) is 0. The smallest absolute Gasteiger partial charge is 0.123 e. The standard InChI is InChI=1S/C16H37NSi/c1-13(2,3)17(14(4,5)6)18(15(7,8)9)16(10,11)12/h18H,1-12H3. The fourth-order valence-electron chi connectivity index (χ4n) is 3.85. The van der Waals surface area contributed by atoms with Crippen molar-refractivity contribution in [2.75, 3.05) is 0 Å². The van der Waals surface area contributed by atoms with E-state index >= 15 is 0 Å². The van der Waals surface area contributed by atoms with Crippen LogP contribution in [0, 0.1) is 0 Å². The maximum absolute atomic E-state index is 2.85. The molecule has 0 spiro atoms. The fraction of sp³-hybridized carbons (Fsp3) is 1.00. The van der Waals surface area contributed by atoms with E-state index in [2.05, 4.69) is 87.7 Å². The highest BCUT2D eigenvalue weighted by atomic mass is 28.3. The van der Waals surface area contributed by atoms with Crippen LogP contribution in [0.4, 0.5) is 0 Å². The molecule has 0 amide bonds. The van der Waals surface area contributed by atoms with Gasteiger partial charge in [-0.25, -0.2) is 0 Å². The highest BCUT2D eigenvalue weighted by molar-refractivity contribution is 6.62. The van der Waals surface area contributed by atoms with Gasteiger partial charge in [-0.1, -0.05) is 41.5 Å². The van der Waals surface area contributed by atoms with E-state index in [0.717, 1.165) is 0 Å². The minimum atomic E-state index is -1.14. The molecule has 0 saturated carbocycles. The maximum Gasteiger partial charge on any atom is 0.123 e. The molecule has 0 saturated heterocycles. The van der Waals surface area contributed by atoms with Crippen molar-refractivity contribution in [3.05, 3.63) is 0 Å². The second kappa shape index (κ2) is 4.94. The topological polar surface area (TPSA) is 3.24 Å². The van der Waals surface area contributed by atoms with Gasteiger partial charge in [0.2, 0.25) is 0 Å². The molecule has 18 heavy (non-hydrogen) atoms. The molecule has 0 radical (unpaired) electrons. The molecular weight excluding hydrogens is 234 g/mol. The Kier molecular flexibility index (Phi) is 4.98. The van der Waals surface area contributed by atoms with Crippen LogP contribution in [0.5, 0.6) is 0 Å². The summed E-state index contributed by atoms with van der Waals surface area (Å²) < 4.78 is 2.85. The first-order valence-corrected chi connectivity index (χ1v) is 8.95. The van der Waals surface area contributed by atoms with Crippen LogP contribution < -0.4 is 0 Å². The largest absolute Gasteiger partial charge is 0.316 e. The normalized spacial score (nSPS) is 15.7. The van der Waals surface area contributed by atoms with E-state index in [4.69, 9.17) is 0 Å².